The Kier molecular flexibility index (Phi) is 9.17. The first-order valence-corrected chi connectivity index (χ1v) is 16.0. The van der Waals surface area contributed by atoms with Gasteiger partial charge in [0.15, 0.2) is 0 Å². The average molecular weight is 668 g/mol. The number of hydrogen-bond acceptors (Lipinski definition) is 9. The number of rotatable bonds is 8. The van der Waals surface area contributed by atoms with E-state index in [0.717, 1.165) is 11.1 Å². The molecule has 5 rings (SSSR count). The summed E-state index contributed by atoms with van der Waals surface area (Å²) in [6, 6.07) is 17.4. The van der Waals surface area contributed by atoms with Crippen molar-refractivity contribution in [1.82, 2.24) is 14.8 Å². The van der Waals surface area contributed by atoms with Crippen molar-refractivity contribution in [2.24, 2.45) is 0 Å². The van der Waals surface area contributed by atoms with Crippen LogP contribution in [0.3, 0.4) is 0 Å². The van der Waals surface area contributed by atoms with Crippen LogP contribution in [-0.2, 0) is 46.2 Å². The summed E-state index contributed by atoms with van der Waals surface area (Å²) in [7, 11) is -7.96. The van der Waals surface area contributed by atoms with Crippen LogP contribution in [0.15, 0.2) is 89.2 Å². The molecule has 0 saturated carbocycles. The highest BCUT2D eigenvalue weighted by atomic mass is 35.5. The van der Waals surface area contributed by atoms with Crippen LogP contribution >= 0.6 is 23.2 Å². The van der Waals surface area contributed by atoms with Crippen molar-refractivity contribution < 1.29 is 41.0 Å². The van der Waals surface area contributed by atoms with E-state index in [4.69, 9.17) is 47.4 Å². The standard InChI is InChI=1S/C20H19Cl2N3O5S.C7H8O3S.2H2/c1-14-2-5-17(6-3-14)31(26,27)29-10-16-9-28-20(30-16,11-25-13-23-12-24-25)18-7-4-15(21)8-19(18)22;1-6-2-4-7(5-3-6)11(8,9)10;;/h2-8,12-13,16H,9-11H2,1H3;2-5H,1H3,(H,8,9,10);2*1H/t16-,20+;;;/m0.../s1/i;;1+2T;1+2D. The Balaban J connectivity index is 0.000000411. The maximum Gasteiger partial charge on any atom is 0.297 e. The molecule has 11 nitrogen and oxygen atoms in total. The lowest BCUT2D eigenvalue weighted by Gasteiger charge is -2.29. The maximum absolute atomic E-state index is 12.5. The fraction of sp³-hybridized carbons (Fsp3) is 0.259. The minimum absolute atomic E-state index is 0.0666. The van der Waals surface area contributed by atoms with Crippen molar-refractivity contribution in [2.45, 2.75) is 42.1 Å². The molecule has 1 aromatic heterocycles. The molecule has 0 amide bonds. The van der Waals surface area contributed by atoms with Gasteiger partial charge in [0.2, 0.25) is 5.79 Å². The van der Waals surface area contributed by atoms with Crippen molar-refractivity contribution in [2.75, 3.05) is 13.2 Å². The Morgan fingerprint density at radius 2 is 1.69 bits per heavy atom. The lowest BCUT2D eigenvalue weighted by molar-refractivity contribution is -0.190. The summed E-state index contributed by atoms with van der Waals surface area (Å²) in [5.41, 5.74) is 2.44. The molecule has 0 bridgehead atoms. The molecule has 42 heavy (non-hydrogen) atoms. The second kappa shape index (κ2) is 13.2. The lowest BCUT2D eigenvalue weighted by Crippen LogP contribution is -2.35. The first kappa shape index (κ1) is 29.2. The van der Waals surface area contributed by atoms with E-state index in [9.17, 15) is 16.8 Å². The van der Waals surface area contributed by atoms with E-state index in [0.29, 0.717) is 15.6 Å². The SMILES string of the molecule is Cc1ccc(S(=O)(=O)O)cc1.Cc1ccc(S(=O)(=O)OC[C@@H]2CO[C@@](Cn3cncn3)(c3ccc(Cl)cc3Cl)O2)cc1.[2H][3H].[3H][3H]. The molecule has 3 aromatic carbocycles. The molecule has 0 aliphatic carbocycles. The Bertz CT molecular complexity index is 1740. The van der Waals surface area contributed by atoms with Gasteiger partial charge in [-0.25, -0.2) is 9.67 Å². The van der Waals surface area contributed by atoms with Gasteiger partial charge in [-0.15, -0.1) is 0 Å². The van der Waals surface area contributed by atoms with Crippen LogP contribution in [0.5, 0.6) is 0 Å². The van der Waals surface area contributed by atoms with Gasteiger partial charge in [0.05, 0.1) is 28.0 Å². The summed E-state index contributed by atoms with van der Waals surface area (Å²) in [5.74, 6) is -1.31. The van der Waals surface area contributed by atoms with Gasteiger partial charge < -0.3 is 9.47 Å². The first-order valence-electron chi connectivity index (χ1n) is 14.4. The molecule has 1 N–H and O–H groups in total. The fourth-order valence-electron chi connectivity index (χ4n) is 3.93. The van der Waals surface area contributed by atoms with Crippen molar-refractivity contribution >= 4 is 43.4 Å². The van der Waals surface area contributed by atoms with Crippen LogP contribution in [0.25, 0.3) is 0 Å². The fourth-order valence-corrected chi connectivity index (χ4v) is 5.90. The average Bonchev–Trinajstić information content (AvgIpc) is 3.69. The number of nitrogens with zero attached hydrogens (tertiary/aromatic N) is 3. The quantitative estimate of drug-likeness (QED) is 0.194. The van der Waals surface area contributed by atoms with Crippen molar-refractivity contribution in [3.05, 3.63) is 106 Å². The molecule has 15 heteroatoms. The van der Waals surface area contributed by atoms with Gasteiger partial charge >= 0.3 is 0 Å². The number of ether oxygens (including phenoxy) is 2. The summed E-state index contributed by atoms with van der Waals surface area (Å²) in [6.07, 6.45) is 2.25. The molecule has 0 unspecified atom stereocenters. The third-order valence-electron chi connectivity index (χ3n) is 6.08. The zero-order valence-electron chi connectivity index (χ0n) is 26.4. The first-order chi connectivity index (χ1) is 21.8. The zero-order valence-corrected chi connectivity index (χ0v) is 25.6. The Morgan fingerprint density at radius 1 is 1.07 bits per heavy atom. The highest BCUT2D eigenvalue weighted by molar-refractivity contribution is 7.86. The molecule has 2 heterocycles. The third-order valence-corrected chi connectivity index (χ3v) is 8.79. The summed E-state index contributed by atoms with van der Waals surface area (Å²) < 4.78 is 93.5. The van der Waals surface area contributed by atoms with Crippen LogP contribution in [0.2, 0.25) is 10.0 Å². The summed E-state index contributed by atoms with van der Waals surface area (Å²) in [6.45, 7) is 3.73. The largest absolute Gasteiger partial charge is 0.342 e. The molecular weight excluding hydrogens is 629 g/mol. The van der Waals surface area contributed by atoms with Crippen LogP contribution in [0.4, 0.5) is 0 Å². The number of aromatic nitrogens is 3. The minimum atomic E-state index is -4.02. The monoisotopic (exact) mass is 666 g/mol. The molecule has 228 valence electrons. The molecular formula is C27H31Cl2N3O8S2. The highest BCUT2D eigenvalue weighted by Gasteiger charge is 2.46. The third kappa shape index (κ3) is 8.14. The van der Waals surface area contributed by atoms with Gasteiger partial charge in [0.1, 0.15) is 25.3 Å². The van der Waals surface area contributed by atoms with Gasteiger partial charge in [0.25, 0.3) is 20.2 Å². The molecule has 4 aromatic rings. The van der Waals surface area contributed by atoms with Crippen LogP contribution in [-0.4, -0.2) is 55.5 Å². The summed E-state index contributed by atoms with van der Waals surface area (Å²) in [5, 5.41) is 4.92. The van der Waals surface area contributed by atoms with E-state index in [2.05, 4.69) is 10.1 Å². The van der Waals surface area contributed by atoms with Crippen molar-refractivity contribution in [3.63, 3.8) is 0 Å². The number of halogens is 2. The highest BCUT2D eigenvalue weighted by Crippen LogP contribution is 2.40. The van der Waals surface area contributed by atoms with E-state index >= 15 is 0 Å². The van der Waals surface area contributed by atoms with Gasteiger partial charge in [-0.2, -0.15) is 21.9 Å². The van der Waals surface area contributed by atoms with E-state index < -0.39 is 32.1 Å². The molecule has 0 radical (unpaired) electrons. The van der Waals surface area contributed by atoms with Gasteiger partial charge in [-0.05, 0) is 50.2 Å². The van der Waals surface area contributed by atoms with E-state index in [1.165, 1.54) is 41.6 Å². The molecule has 0 spiro atoms. The van der Waals surface area contributed by atoms with Crippen molar-refractivity contribution in [3.8, 4) is 0 Å². The minimum Gasteiger partial charge on any atom is -0.342 e. The molecule has 1 fully saturated rings. The maximum atomic E-state index is 12.5. The van der Waals surface area contributed by atoms with E-state index in [-0.39, 0.29) is 29.5 Å². The molecule has 1 aliphatic heterocycles. The second-order valence-electron chi connectivity index (χ2n) is 9.36. The number of benzene rings is 3. The predicted molar refractivity (Wildman–Crippen MR) is 159 cm³/mol. The van der Waals surface area contributed by atoms with Gasteiger partial charge in [-0.1, -0.05) is 64.7 Å². The predicted octanol–water partition coefficient (Wildman–Crippen LogP) is 5.30. The van der Waals surface area contributed by atoms with Gasteiger partial charge in [-0.3, -0.25) is 8.74 Å². The molecule has 1 saturated heterocycles. The van der Waals surface area contributed by atoms with Crippen LogP contribution in [0.1, 0.15) is 22.6 Å². The van der Waals surface area contributed by atoms with E-state index in [1.54, 1.807) is 42.5 Å². The smallest absolute Gasteiger partial charge is 0.297 e. The summed E-state index contributed by atoms with van der Waals surface area (Å²) >= 11 is 12.4. The van der Waals surface area contributed by atoms with E-state index in [1.807, 2.05) is 13.8 Å². The number of hydrogen-bond donors (Lipinski definition) is 1. The Hall–Kier alpha value is -2.88. The number of aryl methyl sites for hydroxylation is 2. The second-order valence-corrected chi connectivity index (χ2v) is 13.2. The Morgan fingerprint density at radius 3 is 2.24 bits per heavy atom. The van der Waals surface area contributed by atoms with Gasteiger partial charge in [0, 0.05) is 16.5 Å². The van der Waals surface area contributed by atoms with Crippen LogP contribution in [0, 0.1) is 13.8 Å². The Labute approximate surface area is 260 Å². The topological polar surface area (TPSA) is 147 Å². The molecule has 1 aliphatic rings. The van der Waals surface area contributed by atoms with Crippen LogP contribution < -0.4 is 0 Å². The normalized spacial score (nSPS) is 19.2. The zero-order chi connectivity index (χ0) is 34.5. The molecule has 2 atom stereocenters. The summed E-state index contributed by atoms with van der Waals surface area (Å²) in [4.78, 5) is 3.94. The van der Waals surface area contributed by atoms with Crippen molar-refractivity contribution in [1.29, 1.82) is 0 Å². The lowest BCUT2D eigenvalue weighted by atomic mass is 10.1.